The minimum absolute atomic E-state index is 0.0501. The van der Waals surface area contributed by atoms with E-state index in [0.717, 1.165) is 30.6 Å². The van der Waals surface area contributed by atoms with Crippen LogP contribution in [0.15, 0.2) is 0 Å². The summed E-state index contributed by atoms with van der Waals surface area (Å²) in [6, 6.07) is 0.629. The SMILES string of the molecule is CCCC1CCC(O)CC1N(C)CC1CC(C)C1. The number of nitrogens with zero attached hydrogens (tertiary/aromatic N) is 1. The predicted octanol–water partition coefficient (Wildman–Crippen LogP) is 3.29. The first-order valence-electron chi connectivity index (χ1n) is 7.98. The molecule has 0 heterocycles. The molecular formula is C16H31NO. The lowest BCUT2D eigenvalue weighted by Gasteiger charge is -2.43. The second kappa shape index (κ2) is 6.38. The van der Waals surface area contributed by atoms with Gasteiger partial charge >= 0.3 is 0 Å². The van der Waals surface area contributed by atoms with Gasteiger partial charge in [0.2, 0.25) is 0 Å². The first-order valence-corrected chi connectivity index (χ1v) is 7.98. The molecule has 2 rings (SSSR count). The van der Waals surface area contributed by atoms with Gasteiger partial charge in [0.25, 0.3) is 0 Å². The molecule has 0 amide bonds. The monoisotopic (exact) mass is 253 g/mol. The maximum atomic E-state index is 9.94. The Kier molecular flexibility index (Phi) is 5.08. The summed E-state index contributed by atoms with van der Waals surface area (Å²) in [4.78, 5) is 2.57. The fourth-order valence-electron chi connectivity index (χ4n) is 4.20. The summed E-state index contributed by atoms with van der Waals surface area (Å²) in [6.45, 7) is 5.90. The molecular weight excluding hydrogens is 222 g/mol. The summed E-state index contributed by atoms with van der Waals surface area (Å²) in [5.74, 6) is 2.69. The highest BCUT2D eigenvalue weighted by Crippen LogP contribution is 2.36. The molecule has 2 aliphatic rings. The molecule has 2 heteroatoms. The number of hydrogen-bond donors (Lipinski definition) is 1. The van der Waals surface area contributed by atoms with E-state index in [1.165, 1.54) is 38.6 Å². The Labute approximate surface area is 113 Å². The minimum Gasteiger partial charge on any atom is -0.393 e. The molecule has 0 aromatic heterocycles. The number of hydrogen-bond acceptors (Lipinski definition) is 2. The van der Waals surface area contributed by atoms with Crippen molar-refractivity contribution in [1.82, 2.24) is 4.90 Å². The van der Waals surface area contributed by atoms with Crippen LogP contribution in [0.2, 0.25) is 0 Å². The van der Waals surface area contributed by atoms with Crippen molar-refractivity contribution in [1.29, 1.82) is 0 Å². The van der Waals surface area contributed by atoms with Crippen molar-refractivity contribution in [3.63, 3.8) is 0 Å². The Morgan fingerprint density at radius 3 is 2.50 bits per heavy atom. The van der Waals surface area contributed by atoms with Crippen LogP contribution in [0, 0.1) is 17.8 Å². The summed E-state index contributed by atoms with van der Waals surface area (Å²) < 4.78 is 0. The van der Waals surface area contributed by atoms with Gasteiger partial charge in [-0.15, -0.1) is 0 Å². The molecule has 0 aromatic carbocycles. The maximum absolute atomic E-state index is 9.94. The van der Waals surface area contributed by atoms with Crippen molar-refractivity contribution in [3.8, 4) is 0 Å². The lowest BCUT2D eigenvalue weighted by Crippen LogP contribution is -2.46. The molecule has 0 aliphatic heterocycles. The van der Waals surface area contributed by atoms with Crippen LogP contribution in [0.1, 0.15) is 58.8 Å². The van der Waals surface area contributed by atoms with E-state index in [1.54, 1.807) is 0 Å². The molecule has 106 valence electrons. The van der Waals surface area contributed by atoms with Crippen molar-refractivity contribution in [2.45, 2.75) is 70.9 Å². The van der Waals surface area contributed by atoms with Crippen LogP contribution in [0.4, 0.5) is 0 Å². The summed E-state index contributed by atoms with van der Waals surface area (Å²) in [6.07, 6.45) is 8.65. The van der Waals surface area contributed by atoms with Gasteiger partial charge in [-0.1, -0.05) is 20.3 Å². The fourth-order valence-corrected chi connectivity index (χ4v) is 4.20. The van der Waals surface area contributed by atoms with E-state index in [1.807, 2.05) is 0 Å². The highest BCUT2D eigenvalue weighted by molar-refractivity contribution is 4.88. The van der Waals surface area contributed by atoms with E-state index in [9.17, 15) is 5.11 Å². The Balaban J connectivity index is 1.85. The van der Waals surface area contributed by atoms with Crippen LogP contribution in [-0.2, 0) is 0 Å². The standard InChI is InChI=1S/C16H31NO/c1-4-5-14-6-7-15(18)10-16(14)17(3)11-13-8-12(2)9-13/h12-16,18H,4-11H2,1-3H3. The molecule has 0 spiro atoms. The van der Waals surface area contributed by atoms with Crippen LogP contribution < -0.4 is 0 Å². The van der Waals surface area contributed by atoms with E-state index in [-0.39, 0.29) is 6.10 Å². The third-order valence-corrected chi connectivity index (χ3v) is 5.17. The van der Waals surface area contributed by atoms with E-state index >= 15 is 0 Å². The second-order valence-electron chi connectivity index (χ2n) is 6.97. The van der Waals surface area contributed by atoms with Crippen LogP contribution in [-0.4, -0.2) is 35.7 Å². The predicted molar refractivity (Wildman–Crippen MR) is 76.6 cm³/mol. The fraction of sp³-hybridized carbons (Fsp3) is 1.00. The van der Waals surface area contributed by atoms with Gasteiger partial charge in [0.1, 0.15) is 0 Å². The van der Waals surface area contributed by atoms with Gasteiger partial charge in [0.05, 0.1) is 6.10 Å². The first-order chi connectivity index (χ1) is 8.60. The Morgan fingerprint density at radius 1 is 1.17 bits per heavy atom. The Bertz CT molecular complexity index is 249. The molecule has 3 unspecified atom stereocenters. The average Bonchev–Trinajstić information content (AvgIpc) is 2.29. The lowest BCUT2D eigenvalue weighted by atomic mass is 9.74. The van der Waals surface area contributed by atoms with Gasteiger partial charge in [-0.2, -0.15) is 0 Å². The second-order valence-corrected chi connectivity index (χ2v) is 6.97. The largest absolute Gasteiger partial charge is 0.393 e. The van der Waals surface area contributed by atoms with Gasteiger partial charge in [0, 0.05) is 12.6 Å². The van der Waals surface area contributed by atoms with Crippen molar-refractivity contribution >= 4 is 0 Å². The molecule has 18 heavy (non-hydrogen) atoms. The Morgan fingerprint density at radius 2 is 1.89 bits per heavy atom. The highest BCUT2D eigenvalue weighted by Gasteiger charge is 2.34. The Hall–Kier alpha value is -0.0800. The molecule has 3 atom stereocenters. The van der Waals surface area contributed by atoms with Crippen LogP contribution in [0.5, 0.6) is 0 Å². The average molecular weight is 253 g/mol. The van der Waals surface area contributed by atoms with Gasteiger partial charge < -0.3 is 10.0 Å². The molecule has 2 nitrogen and oxygen atoms in total. The van der Waals surface area contributed by atoms with Gasteiger partial charge in [0.15, 0.2) is 0 Å². The summed E-state index contributed by atoms with van der Waals surface area (Å²) in [5.41, 5.74) is 0. The molecule has 2 aliphatic carbocycles. The van der Waals surface area contributed by atoms with Crippen molar-refractivity contribution in [2.24, 2.45) is 17.8 Å². The molecule has 1 N–H and O–H groups in total. The molecule has 0 aromatic rings. The molecule has 0 radical (unpaired) electrons. The molecule has 0 bridgehead atoms. The van der Waals surface area contributed by atoms with Gasteiger partial charge in [-0.05, 0) is 63.3 Å². The topological polar surface area (TPSA) is 23.5 Å². The van der Waals surface area contributed by atoms with Gasteiger partial charge in [-0.25, -0.2) is 0 Å². The van der Waals surface area contributed by atoms with E-state index < -0.39 is 0 Å². The van der Waals surface area contributed by atoms with Crippen molar-refractivity contribution in [3.05, 3.63) is 0 Å². The zero-order valence-electron chi connectivity index (χ0n) is 12.4. The van der Waals surface area contributed by atoms with E-state index in [0.29, 0.717) is 6.04 Å². The van der Waals surface area contributed by atoms with Gasteiger partial charge in [-0.3, -0.25) is 0 Å². The minimum atomic E-state index is -0.0501. The quantitative estimate of drug-likeness (QED) is 0.812. The zero-order chi connectivity index (χ0) is 13.1. The molecule has 2 fully saturated rings. The first kappa shape index (κ1) is 14.3. The maximum Gasteiger partial charge on any atom is 0.0555 e. The van der Waals surface area contributed by atoms with Crippen molar-refractivity contribution < 1.29 is 5.11 Å². The summed E-state index contributed by atoms with van der Waals surface area (Å²) in [5, 5.41) is 9.94. The molecule has 0 saturated heterocycles. The molecule has 2 saturated carbocycles. The normalized spacial score (nSPS) is 40.8. The zero-order valence-corrected chi connectivity index (χ0v) is 12.4. The van der Waals surface area contributed by atoms with Crippen LogP contribution >= 0.6 is 0 Å². The third-order valence-electron chi connectivity index (χ3n) is 5.17. The highest BCUT2D eigenvalue weighted by atomic mass is 16.3. The van der Waals surface area contributed by atoms with Crippen LogP contribution in [0.25, 0.3) is 0 Å². The third kappa shape index (κ3) is 3.48. The van der Waals surface area contributed by atoms with Crippen LogP contribution in [0.3, 0.4) is 0 Å². The van der Waals surface area contributed by atoms with Crippen molar-refractivity contribution in [2.75, 3.05) is 13.6 Å². The van der Waals surface area contributed by atoms with E-state index in [4.69, 9.17) is 0 Å². The summed E-state index contributed by atoms with van der Waals surface area (Å²) in [7, 11) is 2.29. The number of rotatable bonds is 5. The smallest absolute Gasteiger partial charge is 0.0555 e. The number of aliphatic hydroxyl groups is 1. The van der Waals surface area contributed by atoms with E-state index in [2.05, 4.69) is 25.8 Å². The number of aliphatic hydroxyl groups excluding tert-OH is 1. The lowest BCUT2D eigenvalue weighted by molar-refractivity contribution is 0.0183. The summed E-state index contributed by atoms with van der Waals surface area (Å²) >= 11 is 0.